The van der Waals surface area contributed by atoms with Gasteiger partial charge in [0.25, 0.3) is 10.1 Å². The zero-order valence-corrected chi connectivity index (χ0v) is 3.20. The topological polar surface area (TPSA) is 54.4 Å². The third kappa shape index (κ3) is 1760. The molecule has 0 aromatic carbocycles. The van der Waals surface area contributed by atoms with Crippen LogP contribution in [-0.2, 0) is 10.1 Å². The fourth-order valence-electron chi connectivity index (χ4n) is 0. The third-order valence-electron chi connectivity index (χ3n) is 0. The molecule has 0 aliphatic rings. The van der Waals surface area contributed by atoms with E-state index in [-0.39, 0.29) is 0 Å². The minimum Gasteiger partial charge on any atom is -0.286 e. The first-order valence-electron chi connectivity index (χ1n) is 0.805. The monoisotopic (exact) mass is 95.0 g/mol. The summed E-state index contributed by atoms with van der Waals surface area (Å²) in [6.45, 7) is 0. The summed E-state index contributed by atoms with van der Waals surface area (Å²) in [5.41, 5.74) is 0. The van der Waals surface area contributed by atoms with Crippen LogP contribution < -0.4 is 0 Å². The molecule has 0 aromatic rings. The maximum Gasteiger partial charge on any atom is 0.265 e. The summed E-state index contributed by atoms with van der Waals surface area (Å²) in [7, 11) is -3.92. The molecule has 0 heterocycles. The minimum atomic E-state index is -3.92. The Morgan fingerprint density at radius 1 is 1.60 bits per heavy atom. The molecule has 0 amide bonds. The van der Waals surface area contributed by atoms with E-state index in [1.54, 1.807) is 0 Å². The van der Waals surface area contributed by atoms with Crippen LogP contribution in [0.4, 0.5) is 0 Å². The van der Waals surface area contributed by atoms with Crippen molar-refractivity contribution >= 4 is 10.1 Å². The van der Waals surface area contributed by atoms with Gasteiger partial charge in [-0.1, -0.05) is 0 Å². The zero-order valence-electron chi connectivity index (χ0n) is 2.38. The van der Waals surface area contributed by atoms with Crippen LogP contribution in [0.5, 0.6) is 0 Å². The van der Waals surface area contributed by atoms with Crippen LogP contribution in [0.3, 0.4) is 0 Å². The molecule has 0 bridgehead atoms. The van der Waals surface area contributed by atoms with Gasteiger partial charge >= 0.3 is 0 Å². The van der Waals surface area contributed by atoms with Crippen LogP contribution in [0, 0.1) is 6.26 Å². The average Bonchev–Trinajstić information content (AvgIpc) is 0.722. The first kappa shape index (κ1) is 4.91. The highest BCUT2D eigenvalue weighted by atomic mass is 32.2. The van der Waals surface area contributed by atoms with Crippen molar-refractivity contribution in [3.8, 4) is 0 Å². The average molecular weight is 95.1 g/mol. The molecule has 0 saturated carbocycles. The Bertz CT molecular complexity index is 90.1. The lowest BCUT2D eigenvalue weighted by atomic mass is 12.0. The highest BCUT2D eigenvalue weighted by molar-refractivity contribution is 7.86. The summed E-state index contributed by atoms with van der Waals surface area (Å²) in [4.78, 5) is 0. The molecule has 31 valence electrons. The molecule has 0 aromatic heterocycles. The fraction of sp³-hybridized carbons (Fsp3) is 0. The maximum atomic E-state index is 9.08. The van der Waals surface area contributed by atoms with E-state index in [1.165, 1.54) is 0 Å². The second kappa shape index (κ2) is 0.948. The van der Waals surface area contributed by atoms with Gasteiger partial charge < -0.3 is 0 Å². The Morgan fingerprint density at radius 2 is 1.60 bits per heavy atom. The minimum absolute atomic E-state index is 2.30. The molecule has 0 rings (SSSR count). The summed E-state index contributed by atoms with van der Waals surface area (Å²) < 4.78 is 25.5. The van der Waals surface area contributed by atoms with Gasteiger partial charge in [0, 0.05) is 0 Å². The summed E-state index contributed by atoms with van der Waals surface area (Å²) in [6, 6.07) is 0. The van der Waals surface area contributed by atoms with Crippen molar-refractivity contribution in [2.45, 2.75) is 0 Å². The molecular weight excluding hydrogens is 92.1 g/mol. The van der Waals surface area contributed by atoms with E-state index in [2.05, 4.69) is 6.26 Å². The van der Waals surface area contributed by atoms with Crippen molar-refractivity contribution in [3.05, 3.63) is 6.26 Å². The fourth-order valence-corrected chi connectivity index (χ4v) is 0. The molecule has 0 saturated heterocycles. The molecule has 0 aliphatic carbocycles. The van der Waals surface area contributed by atoms with Gasteiger partial charge in [-0.2, -0.15) is 8.42 Å². The number of hydrogen-bond donors (Lipinski definition) is 1. The molecule has 1 radical (unpaired) electrons. The lowest BCUT2D eigenvalue weighted by molar-refractivity contribution is 0.494. The number of hydrogen-bond acceptors (Lipinski definition) is 2. The van der Waals surface area contributed by atoms with Crippen molar-refractivity contribution in [1.29, 1.82) is 0 Å². The maximum absolute atomic E-state index is 9.08. The van der Waals surface area contributed by atoms with Crippen molar-refractivity contribution in [1.82, 2.24) is 0 Å². The van der Waals surface area contributed by atoms with Crippen LogP contribution in [0.25, 0.3) is 0 Å². The van der Waals surface area contributed by atoms with Crippen molar-refractivity contribution in [2.24, 2.45) is 0 Å². The Morgan fingerprint density at radius 3 is 1.60 bits per heavy atom. The lowest BCUT2D eigenvalue weighted by Crippen LogP contribution is -1.83. The third-order valence-corrected chi connectivity index (χ3v) is 0. The SMILES string of the molecule is [CH2]S(=O)(=O)O. The molecule has 0 atom stereocenters. The predicted octanol–water partition coefficient (Wildman–Crippen LogP) is -0.334. The second-order valence-electron chi connectivity index (χ2n) is 0.582. The van der Waals surface area contributed by atoms with Crippen LogP contribution in [0.1, 0.15) is 0 Å². The van der Waals surface area contributed by atoms with Crippen molar-refractivity contribution in [3.63, 3.8) is 0 Å². The Hall–Kier alpha value is -0.0900. The molecule has 0 fully saturated rings. The largest absolute Gasteiger partial charge is 0.286 e. The van der Waals surface area contributed by atoms with Gasteiger partial charge in [0.1, 0.15) is 0 Å². The Kier molecular flexibility index (Phi) is 0.931. The van der Waals surface area contributed by atoms with Crippen LogP contribution in [0.2, 0.25) is 0 Å². The smallest absolute Gasteiger partial charge is 0.265 e. The normalized spacial score (nSPS) is 11.6. The van der Waals surface area contributed by atoms with Crippen molar-refractivity contribution in [2.75, 3.05) is 0 Å². The molecule has 0 spiro atoms. The molecule has 1 N–H and O–H groups in total. The Balaban J connectivity index is 4.06. The van der Waals surface area contributed by atoms with Crippen LogP contribution in [0.15, 0.2) is 0 Å². The van der Waals surface area contributed by atoms with E-state index < -0.39 is 10.1 Å². The van der Waals surface area contributed by atoms with E-state index >= 15 is 0 Å². The summed E-state index contributed by atoms with van der Waals surface area (Å²) in [5, 5.41) is 0. The van der Waals surface area contributed by atoms with E-state index in [0.29, 0.717) is 0 Å². The first-order valence-corrected chi connectivity index (χ1v) is 2.41. The van der Waals surface area contributed by atoms with E-state index in [0.717, 1.165) is 0 Å². The van der Waals surface area contributed by atoms with E-state index in [4.69, 9.17) is 13.0 Å². The van der Waals surface area contributed by atoms with E-state index in [1.807, 2.05) is 0 Å². The number of rotatable bonds is 0. The highest BCUT2D eigenvalue weighted by Crippen LogP contribution is 1.65. The Labute approximate surface area is 30.4 Å². The molecular formula is CH3O3S. The van der Waals surface area contributed by atoms with Gasteiger partial charge in [0.05, 0.1) is 6.26 Å². The van der Waals surface area contributed by atoms with Gasteiger partial charge in [-0.05, 0) is 0 Å². The molecule has 4 heteroatoms. The second-order valence-corrected chi connectivity index (χ2v) is 1.75. The van der Waals surface area contributed by atoms with Gasteiger partial charge in [-0.15, -0.1) is 0 Å². The van der Waals surface area contributed by atoms with Crippen LogP contribution >= 0.6 is 0 Å². The highest BCUT2D eigenvalue weighted by Gasteiger charge is 1.82. The van der Waals surface area contributed by atoms with Crippen LogP contribution in [-0.4, -0.2) is 13.0 Å². The lowest BCUT2D eigenvalue weighted by Gasteiger charge is -1.68. The molecule has 3 nitrogen and oxygen atoms in total. The standard InChI is InChI=1S/CH3O3S/c1-5(2,3)4/h1H2,(H,2,3,4). The van der Waals surface area contributed by atoms with Gasteiger partial charge in [0.15, 0.2) is 0 Å². The van der Waals surface area contributed by atoms with Gasteiger partial charge in [0.2, 0.25) is 0 Å². The predicted molar refractivity (Wildman–Crippen MR) is 16.9 cm³/mol. The molecule has 5 heavy (non-hydrogen) atoms. The quantitative estimate of drug-likeness (QED) is 0.419. The summed E-state index contributed by atoms with van der Waals surface area (Å²) >= 11 is 0. The van der Waals surface area contributed by atoms with Gasteiger partial charge in [-0.3, -0.25) is 4.55 Å². The summed E-state index contributed by atoms with van der Waals surface area (Å²) in [5.74, 6) is 0. The van der Waals surface area contributed by atoms with E-state index in [9.17, 15) is 0 Å². The zero-order chi connectivity index (χ0) is 4.50. The summed E-state index contributed by atoms with van der Waals surface area (Å²) in [6.07, 6.45) is 2.30. The molecule has 0 aliphatic heterocycles. The first-order chi connectivity index (χ1) is 2.00. The molecule has 0 unspecified atom stereocenters. The van der Waals surface area contributed by atoms with Gasteiger partial charge in [-0.25, -0.2) is 0 Å². The van der Waals surface area contributed by atoms with Crippen molar-refractivity contribution < 1.29 is 13.0 Å².